The zero-order valence-electron chi connectivity index (χ0n) is 7.57. The molecule has 2 heterocycles. The molecule has 1 aliphatic rings. The first-order valence-corrected chi connectivity index (χ1v) is 4.49. The highest BCUT2D eigenvalue weighted by atomic mass is 15.3. The SMILES string of the molecule is CC(C)[C@@H]1C[C@@H](N)c2ccnn21. The molecule has 12 heavy (non-hydrogen) atoms. The first kappa shape index (κ1) is 7.80. The Morgan fingerprint density at radius 3 is 3.08 bits per heavy atom. The highest BCUT2D eigenvalue weighted by Gasteiger charge is 2.30. The summed E-state index contributed by atoms with van der Waals surface area (Å²) in [6.07, 6.45) is 2.88. The molecule has 1 aromatic heterocycles. The summed E-state index contributed by atoms with van der Waals surface area (Å²) in [5.74, 6) is 0.622. The fourth-order valence-corrected chi connectivity index (χ4v) is 1.93. The van der Waals surface area contributed by atoms with Crippen LogP contribution in [0.25, 0.3) is 0 Å². The maximum atomic E-state index is 5.96. The summed E-state index contributed by atoms with van der Waals surface area (Å²) in [5, 5.41) is 4.29. The third kappa shape index (κ3) is 0.966. The van der Waals surface area contributed by atoms with Gasteiger partial charge in [-0.3, -0.25) is 4.68 Å². The van der Waals surface area contributed by atoms with Gasteiger partial charge in [-0.05, 0) is 18.4 Å². The monoisotopic (exact) mass is 165 g/mol. The van der Waals surface area contributed by atoms with Gasteiger partial charge in [-0.15, -0.1) is 0 Å². The summed E-state index contributed by atoms with van der Waals surface area (Å²) in [7, 11) is 0. The second-order valence-electron chi connectivity index (χ2n) is 3.85. The van der Waals surface area contributed by atoms with Crippen molar-refractivity contribution in [3.05, 3.63) is 18.0 Å². The Balaban J connectivity index is 2.35. The van der Waals surface area contributed by atoms with Crippen LogP contribution < -0.4 is 5.73 Å². The summed E-state index contributed by atoms with van der Waals surface area (Å²) >= 11 is 0. The van der Waals surface area contributed by atoms with Crippen molar-refractivity contribution in [2.45, 2.75) is 32.4 Å². The quantitative estimate of drug-likeness (QED) is 0.685. The molecule has 1 aromatic rings. The molecule has 0 aromatic carbocycles. The van der Waals surface area contributed by atoms with Crippen LogP contribution in [-0.4, -0.2) is 9.78 Å². The number of hydrogen-bond acceptors (Lipinski definition) is 2. The molecule has 0 saturated heterocycles. The average molecular weight is 165 g/mol. The Kier molecular flexibility index (Phi) is 1.68. The number of hydrogen-bond donors (Lipinski definition) is 1. The van der Waals surface area contributed by atoms with Crippen LogP contribution in [0.4, 0.5) is 0 Å². The van der Waals surface area contributed by atoms with E-state index >= 15 is 0 Å². The molecular formula is C9H15N3. The van der Waals surface area contributed by atoms with Crippen molar-refractivity contribution < 1.29 is 0 Å². The second-order valence-corrected chi connectivity index (χ2v) is 3.85. The maximum absolute atomic E-state index is 5.96. The maximum Gasteiger partial charge on any atom is 0.0564 e. The van der Waals surface area contributed by atoms with Crippen molar-refractivity contribution in [2.75, 3.05) is 0 Å². The average Bonchev–Trinajstić information content (AvgIpc) is 2.53. The molecule has 0 saturated carbocycles. The van der Waals surface area contributed by atoms with E-state index in [-0.39, 0.29) is 6.04 Å². The van der Waals surface area contributed by atoms with E-state index in [1.54, 1.807) is 0 Å². The molecule has 0 spiro atoms. The predicted octanol–water partition coefficient (Wildman–Crippen LogP) is 1.48. The second kappa shape index (κ2) is 2.59. The summed E-state index contributed by atoms with van der Waals surface area (Å²) < 4.78 is 2.08. The summed E-state index contributed by atoms with van der Waals surface area (Å²) in [6.45, 7) is 4.43. The lowest BCUT2D eigenvalue weighted by Crippen LogP contribution is -2.12. The van der Waals surface area contributed by atoms with Gasteiger partial charge in [0.05, 0.1) is 11.7 Å². The molecule has 3 nitrogen and oxygen atoms in total. The fourth-order valence-electron chi connectivity index (χ4n) is 1.93. The molecule has 0 fully saturated rings. The minimum Gasteiger partial charge on any atom is -0.323 e. The molecule has 3 heteroatoms. The summed E-state index contributed by atoms with van der Waals surface area (Å²) in [4.78, 5) is 0. The molecule has 0 radical (unpaired) electrons. The Labute approximate surface area is 72.6 Å². The molecule has 0 unspecified atom stereocenters. The van der Waals surface area contributed by atoms with Gasteiger partial charge in [0.25, 0.3) is 0 Å². The van der Waals surface area contributed by atoms with E-state index in [0.717, 1.165) is 6.42 Å². The van der Waals surface area contributed by atoms with Gasteiger partial charge in [0.2, 0.25) is 0 Å². The van der Waals surface area contributed by atoms with Gasteiger partial charge >= 0.3 is 0 Å². The molecule has 0 amide bonds. The van der Waals surface area contributed by atoms with Crippen LogP contribution in [0.15, 0.2) is 12.3 Å². The molecule has 2 rings (SSSR count). The third-order valence-electron chi connectivity index (χ3n) is 2.66. The van der Waals surface area contributed by atoms with Gasteiger partial charge in [-0.2, -0.15) is 5.10 Å². The van der Waals surface area contributed by atoms with Gasteiger partial charge in [0, 0.05) is 12.2 Å². The van der Waals surface area contributed by atoms with Crippen LogP contribution >= 0.6 is 0 Å². The largest absolute Gasteiger partial charge is 0.323 e. The van der Waals surface area contributed by atoms with E-state index in [4.69, 9.17) is 5.73 Å². The topological polar surface area (TPSA) is 43.8 Å². The third-order valence-corrected chi connectivity index (χ3v) is 2.66. The molecule has 1 aliphatic heterocycles. The summed E-state index contributed by atoms with van der Waals surface area (Å²) in [6, 6.07) is 2.72. The van der Waals surface area contributed by atoms with Crippen LogP contribution in [0.5, 0.6) is 0 Å². The van der Waals surface area contributed by atoms with Gasteiger partial charge < -0.3 is 5.73 Å². The first-order valence-electron chi connectivity index (χ1n) is 4.49. The van der Waals surface area contributed by atoms with E-state index in [0.29, 0.717) is 12.0 Å². The molecule has 0 bridgehead atoms. The van der Waals surface area contributed by atoms with Crippen molar-refractivity contribution in [3.63, 3.8) is 0 Å². The Hall–Kier alpha value is -0.830. The lowest BCUT2D eigenvalue weighted by Gasteiger charge is -2.15. The van der Waals surface area contributed by atoms with Crippen molar-refractivity contribution in [2.24, 2.45) is 11.7 Å². The van der Waals surface area contributed by atoms with Crippen LogP contribution in [0.3, 0.4) is 0 Å². The van der Waals surface area contributed by atoms with Gasteiger partial charge in [-0.25, -0.2) is 0 Å². The lowest BCUT2D eigenvalue weighted by molar-refractivity contribution is 0.356. The van der Waals surface area contributed by atoms with Crippen LogP contribution in [-0.2, 0) is 0 Å². The predicted molar refractivity (Wildman–Crippen MR) is 47.6 cm³/mol. The molecule has 0 aliphatic carbocycles. The van der Waals surface area contributed by atoms with Crippen LogP contribution in [0.2, 0.25) is 0 Å². The highest BCUT2D eigenvalue weighted by molar-refractivity contribution is 5.12. The van der Waals surface area contributed by atoms with Gasteiger partial charge in [0.1, 0.15) is 0 Å². The van der Waals surface area contributed by atoms with Gasteiger partial charge in [-0.1, -0.05) is 13.8 Å². The molecule has 2 N–H and O–H groups in total. The number of fused-ring (bicyclic) bond motifs is 1. The van der Waals surface area contributed by atoms with Crippen LogP contribution in [0.1, 0.15) is 38.0 Å². The van der Waals surface area contributed by atoms with E-state index < -0.39 is 0 Å². The molecular weight excluding hydrogens is 150 g/mol. The smallest absolute Gasteiger partial charge is 0.0564 e. The van der Waals surface area contributed by atoms with Crippen molar-refractivity contribution in [1.82, 2.24) is 9.78 Å². The van der Waals surface area contributed by atoms with Crippen molar-refractivity contribution >= 4 is 0 Å². The zero-order valence-corrected chi connectivity index (χ0v) is 7.57. The summed E-state index contributed by atoms with van der Waals surface area (Å²) in [5.41, 5.74) is 7.15. The number of nitrogens with two attached hydrogens (primary N) is 1. The Bertz CT molecular complexity index is 277. The number of aromatic nitrogens is 2. The standard InChI is InChI=1S/C9H15N3/c1-6(2)9-5-7(10)8-3-4-11-12(8)9/h3-4,6-7,9H,5,10H2,1-2H3/t7-,9+/m1/s1. The van der Waals surface area contributed by atoms with E-state index in [9.17, 15) is 0 Å². The minimum atomic E-state index is 0.194. The lowest BCUT2D eigenvalue weighted by atomic mass is 10.0. The van der Waals surface area contributed by atoms with Crippen LogP contribution in [0, 0.1) is 5.92 Å². The minimum absolute atomic E-state index is 0.194. The van der Waals surface area contributed by atoms with E-state index in [2.05, 4.69) is 23.6 Å². The number of rotatable bonds is 1. The Morgan fingerprint density at radius 2 is 2.42 bits per heavy atom. The van der Waals surface area contributed by atoms with E-state index in [1.807, 2.05) is 12.3 Å². The first-order chi connectivity index (χ1) is 5.70. The normalized spacial score (nSPS) is 28.0. The zero-order chi connectivity index (χ0) is 8.72. The number of nitrogens with zero attached hydrogens (tertiary/aromatic N) is 2. The van der Waals surface area contributed by atoms with E-state index in [1.165, 1.54) is 5.69 Å². The molecule has 66 valence electrons. The van der Waals surface area contributed by atoms with Gasteiger partial charge in [0.15, 0.2) is 0 Å². The highest BCUT2D eigenvalue weighted by Crippen LogP contribution is 2.35. The fraction of sp³-hybridized carbons (Fsp3) is 0.667. The van der Waals surface area contributed by atoms with Crippen molar-refractivity contribution in [1.29, 1.82) is 0 Å². The van der Waals surface area contributed by atoms with Crippen molar-refractivity contribution in [3.8, 4) is 0 Å². The Morgan fingerprint density at radius 1 is 1.67 bits per heavy atom. The molecule has 2 atom stereocenters.